The van der Waals surface area contributed by atoms with Crippen molar-refractivity contribution < 1.29 is 17.5 Å². The first kappa shape index (κ1) is 15.4. The van der Waals surface area contributed by atoms with Crippen LogP contribution >= 0.6 is 11.6 Å². The van der Waals surface area contributed by atoms with Gasteiger partial charge in [0.2, 0.25) is 0 Å². The van der Waals surface area contributed by atoms with Gasteiger partial charge in [0.15, 0.2) is 0 Å². The van der Waals surface area contributed by atoms with Crippen LogP contribution in [0.4, 0.5) is 10.1 Å². The number of nitrogens with one attached hydrogen (secondary N) is 2. The van der Waals surface area contributed by atoms with E-state index in [0.29, 0.717) is 23.1 Å². The summed E-state index contributed by atoms with van der Waals surface area (Å²) in [5.74, 6) is -0.738. The van der Waals surface area contributed by atoms with Gasteiger partial charge in [-0.25, -0.2) is 12.8 Å². The lowest BCUT2D eigenvalue weighted by molar-refractivity contribution is 0.133. The Kier molecular flexibility index (Phi) is 3.48. The molecule has 3 aromatic rings. The number of H-pyrrole nitrogens is 1. The Hall–Kier alpha value is -2.16. The van der Waals surface area contributed by atoms with Crippen molar-refractivity contribution in [2.24, 2.45) is 0 Å². The molecule has 9 heteroatoms. The number of rotatable bonds is 3. The second kappa shape index (κ2) is 5.44. The second-order valence-electron chi connectivity index (χ2n) is 5.38. The van der Waals surface area contributed by atoms with Gasteiger partial charge in [-0.15, -0.1) is 0 Å². The third-order valence-corrected chi connectivity index (χ3v) is 5.60. The number of nitrogens with zero attached hydrogens (tertiary/aromatic N) is 1. The van der Waals surface area contributed by atoms with Gasteiger partial charge in [0, 0.05) is 17.0 Å². The smallest absolute Gasteiger partial charge is 0.262 e. The molecule has 6 nitrogen and oxygen atoms in total. The van der Waals surface area contributed by atoms with Gasteiger partial charge in [-0.2, -0.15) is 5.10 Å². The molecule has 2 N–H and O–H groups in total. The maximum absolute atomic E-state index is 14.2. The molecule has 0 saturated carbocycles. The fourth-order valence-electron chi connectivity index (χ4n) is 2.70. The van der Waals surface area contributed by atoms with Crippen molar-refractivity contribution in [1.29, 1.82) is 0 Å². The van der Waals surface area contributed by atoms with E-state index in [4.69, 9.17) is 16.3 Å². The molecule has 1 aromatic heterocycles. The lowest BCUT2D eigenvalue weighted by Gasteiger charge is -2.12. The highest BCUT2D eigenvalue weighted by Crippen LogP contribution is 2.31. The Morgan fingerprint density at radius 2 is 2.12 bits per heavy atom. The first-order valence-corrected chi connectivity index (χ1v) is 8.86. The molecule has 24 heavy (non-hydrogen) atoms. The molecular weight excluding hydrogens is 357 g/mol. The van der Waals surface area contributed by atoms with Crippen LogP contribution in [0.5, 0.6) is 0 Å². The molecule has 1 aliphatic heterocycles. The maximum Gasteiger partial charge on any atom is 0.262 e. The molecule has 4 rings (SSSR count). The zero-order valence-corrected chi connectivity index (χ0v) is 13.7. The summed E-state index contributed by atoms with van der Waals surface area (Å²) in [6.45, 7) is 0.575. The minimum atomic E-state index is -3.97. The van der Waals surface area contributed by atoms with Gasteiger partial charge in [0.25, 0.3) is 10.0 Å². The molecule has 0 atom stereocenters. The molecule has 1 aliphatic rings. The third-order valence-electron chi connectivity index (χ3n) is 3.86. The standard InChI is InChI=1S/C15H11ClFN3O3S/c16-15-9-4-13(11(17)5-12(9)18-19-15)20-24(21,22)14-3-1-2-8-6-23-7-10(8)14/h1-5,20H,6-7H2,(H,18,19). The van der Waals surface area contributed by atoms with Crippen molar-refractivity contribution in [1.82, 2.24) is 10.2 Å². The van der Waals surface area contributed by atoms with E-state index >= 15 is 0 Å². The highest BCUT2D eigenvalue weighted by Gasteiger charge is 2.25. The van der Waals surface area contributed by atoms with Crippen LogP contribution in [0, 0.1) is 5.82 Å². The summed E-state index contributed by atoms with van der Waals surface area (Å²) in [6.07, 6.45) is 0. The van der Waals surface area contributed by atoms with Crippen molar-refractivity contribution in [3.63, 3.8) is 0 Å². The summed E-state index contributed by atoms with van der Waals surface area (Å²) in [7, 11) is -3.97. The van der Waals surface area contributed by atoms with Gasteiger partial charge in [-0.3, -0.25) is 9.82 Å². The van der Waals surface area contributed by atoms with E-state index in [1.807, 2.05) is 0 Å². The molecule has 124 valence electrons. The molecule has 0 unspecified atom stereocenters. The van der Waals surface area contributed by atoms with Gasteiger partial charge in [0.05, 0.1) is 29.3 Å². The lowest BCUT2D eigenvalue weighted by Crippen LogP contribution is -2.16. The monoisotopic (exact) mass is 367 g/mol. The molecule has 0 fully saturated rings. The number of hydrogen-bond donors (Lipinski definition) is 2. The van der Waals surface area contributed by atoms with Crippen LogP contribution in [0.3, 0.4) is 0 Å². The van der Waals surface area contributed by atoms with Gasteiger partial charge >= 0.3 is 0 Å². The van der Waals surface area contributed by atoms with Crippen molar-refractivity contribution >= 4 is 38.2 Å². The Balaban J connectivity index is 1.79. The Labute approximate surface area is 141 Å². The van der Waals surface area contributed by atoms with E-state index in [-0.39, 0.29) is 22.3 Å². The number of hydrogen-bond acceptors (Lipinski definition) is 4. The predicted molar refractivity (Wildman–Crippen MR) is 86.8 cm³/mol. The minimum Gasteiger partial charge on any atom is -0.372 e. The van der Waals surface area contributed by atoms with E-state index in [1.54, 1.807) is 12.1 Å². The van der Waals surface area contributed by atoms with E-state index in [2.05, 4.69) is 14.9 Å². The van der Waals surface area contributed by atoms with Crippen molar-refractivity contribution in [3.8, 4) is 0 Å². The number of anilines is 1. The Bertz CT molecular complexity index is 1070. The van der Waals surface area contributed by atoms with E-state index < -0.39 is 15.8 Å². The molecule has 0 radical (unpaired) electrons. The summed E-state index contributed by atoms with van der Waals surface area (Å²) >= 11 is 5.93. The molecular formula is C15H11ClFN3O3S. The Morgan fingerprint density at radius 1 is 1.29 bits per heavy atom. The number of ether oxygens (including phenoxy) is 1. The number of aromatic nitrogens is 2. The zero-order valence-electron chi connectivity index (χ0n) is 12.1. The van der Waals surface area contributed by atoms with Crippen LogP contribution in [-0.2, 0) is 28.0 Å². The summed E-state index contributed by atoms with van der Waals surface area (Å²) in [6, 6.07) is 7.34. The van der Waals surface area contributed by atoms with Crippen molar-refractivity contribution in [3.05, 3.63) is 52.4 Å². The molecule has 2 aromatic carbocycles. The molecule has 0 aliphatic carbocycles. The van der Waals surface area contributed by atoms with E-state index in [0.717, 1.165) is 11.6 Å². The van der Waals surface area contributed by atoms with Crippen LogP contribution in [-0.4, -0.2) is 18.6 Å². The van der Waals surface area contributed by atoms with E-state index in [9.17, 15) is 12.8 Å². The zero-order chi connectivity index (χ0) is 16.9. The summed E-state index contributed by atoms with van der Waals surface area (Å²) in [5, 5.41) is 6.98. The summed E-state index contributed by atoms with van der Waals surface area (Å²) in [5.41, 5.74) is 1.52. The van der Waals surface area contributed by atoms with Crippen LogP contribution in [0.25, 0.3) is 10.9 Å². The van der Waals surface area contributed by atoms with Crippen molar-refractivity contribution in [2.45, 2.75) is 18.1 Å². The normalized spacial score (nSPS) is 14.1. The topological polar surface area (TPSA) is 84.1 Å². The van der Waals surface area contributed by atoms with Crippen molar-refractivity contribution in [2.75, 3.05) is 4.72 Å². The average Bonchev–Trinajstić information content (AvgIpc) is 3.14. The molecule has 0 bridgehead atoms. The Morgan fingerprint density at radius 3 is 2.96 bits per heavy atom. The highest BCUT2D eigenvalue weighted by atomic mass is 35.5. The summed E-state index contributed by atoms with van der Waals surface area (Å²) in [4.78, 5) is 0.0790. The molecule has 2 heterocycles. The number of fused-ring (bicyclic) bond motifs is 2. The van der Waals surface area contributed by atoms with Gasteiger partial charge in [-0.1, -0.05) is 23.7 Å². The van der Waals surface area contributed by atoms with Crippen LogP contribution < -0.4 is 4.72 Å². The van der Waals surface area contributed by atoms with Crippen LogP contribution in [0.1, 0.15) is 11.1 Å². The largest absolute Gasteiger partial charge is 0.372 e. The quantitative estimate of drug-likeness (QED) is 0.744. The van der Waals surface area contributed by atoms with Gasteiger partial charge in [0.1, 0.15) is 11.0 Å². The maximum atomic E-state index is 14.2. The fourth-order valence-corrected chi connectivity index (χ4v) is 4.23. The van der Waals surface area contributed by atoms with Crippen LogP contribution in [0.2, 0.25) is 5.15 Å². The fraction of sp³-hybridized carbons (Fsp3) is 0.133. The first-order chi connectivity index (χ1) is 11.5. The van der Waals surface area contributed by atoms with Gasteiger partial charge in [-0.05, 0) is 17.7 Å². The van der Waals surface area contributed by atoms with E-state index in [1.165, 1.54) is 12.1 Å². The molecule has 0 saturated heterocycles. The number of sulfonamides is 1. The predicted octanol–water partition coefficient (Wildman–Crippen LogP) is 3.19. The first-order valence-electron chi connectivity index (χ1n) is 7.00. The van der Waals surface area contributed by atoms with Gasteiger partial charge < -0.3 is 4.74 Å². The molecule has 0 amide bonds. The number of halogens is 2. The number of benzene rings is 2. The highest BCUT2D eigenvalue weighted by molar-refractivity contribution is 7.92. The third kappa shape index (κ3) is 2.43. The molecule has 0 spiro atoms. The number of aromatic amines is 1. The SMILES string of the molecule is O=S(=O)(Nc1cc2c(Cl)[nH]nc2cc1F)c1cccc2c1COC2. The minimum absolute atomic E-state index is 0.0790. The van der Waals surface area contributed by atoms with Crippen LogP contribution in [0.15, 0.2) is 35.2 Å². The average molecular weight is 368 g/mol. The lowest BCUT2D eigenvalue weighted by atomic mass is 10.1. The summed E-state index contributed by atoms with van der Waals surface area (Å²) < 4.78 is 47.1. The second-order valence-corrected chi connectivity index (χ2v) is 7.41.